The van der Waals surface area contributed by atoms with E-state index in [4.69, 9.17) is 0 Å². The van der Waals surface area contributed by atoms with Gasteiger partial charge >= 0.3 is 0 Å². The van der Waals surface area contributed by atoms with Gasteiger partial charge in [-0.15, -0.1) is 0 Å². The van der Waals surface area contributed by atoms with Crippen molar-refractivity contribution in [1.29, 1.82) is 0 Å². The molecule has 1 heterocycles. The maximum absolute atomic E-state index is 12.3. The summed E-state index contributed by atoms with van der Waals surface area (Å²) in [5.41, 5.74) is 4.63. The first kappa shape index (κ1) is 17.2. The molecule has 4 nitrogen and oxygen atoms in total. The van der Waals surface area contributed by atoms with Crippen molar-refractivity contribution >= 4 is 17.5 Å². The predicted molar refractivity (Wildman–Crippen MR) is 99.8 cm³/mol. The molecule has 0 saturated carbocycles. The number of carbonyl (C=O) groups excluding carboxylic acids is 2. The van der Waals surface area contributed by atoms with E-state index in [0.29, 0.717) is 12.0 Å². The first-order valence-electron chi connectivity index (χ1n) is 8.78. The molecule has 0 unspecified atom stereocenters. The number of carbonyl (C=O) groups is 2. The van der Waals surface area contributed by atoms with Gasteiger partial charge < -0.3 is 10.2 Å². The molecule has 0 bridgehead atoms. The number of hydrogen-bond acceptors (Lipinski definition) is 2. The van der Waals surface area contributed by atoms with Crippen LogP contribution in [0.5, 0.6) is 0 Å². The average molecular weight is 336 g/mol. The Hall–Kier alpha value is -2.62. The fourth-order valence-corrected chi connectivity index (χ4v) is 3.04. The molecule has 0 aromatic heterocycles. The Bertz CT molecular complexity index is 775. The van der Waals surface area contributed by atoms with E-state index in [-0.39, 0.29) is 11.8 Å². The van der Waals surface area contributed by atoms with Gasteiger partial charge in [0.15, 0.2) is 0 Å². The topological polar surface area (TPSA) is 49.4 Å². The zero-order valence-corrected chi connectivity index (χ0v) is 14.8. The number of amides is 2. The van der Waals surface area contributed by atoms with Gasteiger partial charge in [0, 0.05) is 24.3 Å². The van der Waals surface area contributed by atoms with Crippen molar-refractivity contribution in [1.82, 2.24) is 4.90 Å². The fraction of sp³-hybridized carbons (Fsp3) is 0.333. The third-order valence-electron chi connectivity index (χ3n) is 4.80. The summed E-state index contributed by atoms with van der Waals surface area (Å²) in [4.78, 5) is 26.4. The molecule has 0 spiro atoms. The van der Waals surface area contributed by atoms with Crippen LogP contribution in [0, 0.1) is 13.8 Å². The Kier molecular flexibility index (Phi) is 5.17. The van der Waals surface area contributed by atoms with Crippen molar-refractivity contribution < 1.29 is 9.59 Å². The molecular weight excluding hydrogens is 312 g/mol. The van der Waals surface area contributed by atoms with Crippen molar-refractivity contribution in [3.8, 4) is 0 Å². The van der Waals surface area contributed by atoms with Crippen LogP contribution in [0.2, 0.25) is 0 Å². The molecule has 0 radical (unpaired) electrons. The van der Waals surface area contributed by atoms with Crippen molar-refractivity contribution in [2.75, 3.05) is 18.4 Å². The molecule has 1 N–H and O–H groups in total. The van der Waals surface area contributed by atoms with Gasteiger partial charge in [-0.3, -0.25) is 9.59 Å². The molecule has 1 aliphatic heterocycles. The summed E-state index contributed by atoms with van der Waals surface area (Å²) in [7, 11) is 0. The average Bonchev–Trinajstić information content (AvgIpc) is 3.14. The quantitative estimate of drug-likeness (QED) is 0.925. The second kappa shape index (κ2) is 7.51. The van der Waals surface area contributed by atoms with Crippen molar-refractivity contribution in [3.63, 3.8) is 0 Å². The van der Waals surface area contributed by atoms with E-state index in [1.165, 1.54) is 5.56 Å². The van der Waals surface area contributed by atoms with E-state index >= 15 is 0 Å². The summed E-state index contributed by atoms with van der Waals surface area (Å²) < 4.78 is 0. The van der Waals surface area contributed by atoms with E-state index in [9.17, 15) is 9.59 Å². The summed E-state index contributed by atoms with van der Waals surface area (Å²) >= 11 is 0. The van der Waals surface area contributed by atoms with E-state index in [1.807, 2.05) is 61.2 Å². The monoisotopic (exact) mass is 336 g/mol. The SMILES string of the molecule is Cc1ccc(C(=O)Nc2ccc(CC(=O)N3CCCC3)cc2)cc1C. The fourth-order valence-electron chi connectivity index (χ4n) is 3.04. The molecule has 2 aromatic carbocycles. The number of hydrogen-bond donors (Lipinski definition) is 1. The largest absolute Gasteiger partial charge is 0.342 e. The predicted octanol–water partition coefficient (Wildman–Crippen LogP) is 3.72. The van der Waals surface area contributed by atoms with Gasteiger partial charge in [-0.25, -0.2) is 0 Å². The molecule has 1 aliphatic rings. The molecule has 0 atom stereocenters. The Labute approximate surface area is 148 Å². The van der Waals surface area contributed by atoms with E-state index in [0.717, 1.165) is 42.7 Å². The molecule has 2 amide bonds. The lowest BCUT2D eigenvalue weighted by Gasteiger charge is -2.15. The lowest BCUT2D eigenvalue weighted by atomic mass is 10.1. The minimum atomic E-state index is -0.121. The van der Waals surface area contributed by atoms with Crippen molar-refractivity contribution in [2.24, 2.45) is 0 Å². The van der Waals surface area contributed by atoms with E-state index in [1.54, 1.807) is 0 Å². The Balaban J connectivity index is 1.61. The number of anilines is 1. The van der Waals surface area contributed by atoms with Gasteiger partial charge in [0.25, 0.3) is 5.91 Å². The van der Waals surface area contributed by atoms with Gasteiger partial charge in [-0.1, -0.05) is 18.2 Å². The molecule has 0 aliphatic carbocycles. The summed E-state index contributed by atoms with van der Waals surface area (Å²) in [6.07, 6.45) is 2.63. The first-order chi connectivity index (χ1) is 12.0. The minimum absolute atomic E-state index is 0.121. The number of benzene rings is 2. The molecule has 4 heteroatoms. The normalized spacial score (nSPS) is 13.8. The number of nitrogens with zero attached hydrogens (tertiary/aromatic N) is 1. The van der Waals surface area contributed by atoms with Crippen LogP contribution in [-0.2, 0) is 11.2 Å². The van der Waals surface area contributed by atoms with Crippen LogP contribution in [0.25, 0.3) is 0 Å². The van der Waals surface area contributed by atoms with Crippen LogP contribution < -0.4 is 5.32 Å². The summed E-state index contributed by atoms with van der Waals surface area (Å²) in [6.45, 7) is 5.78. The van der Waals surface area contributed by atoms with Gasteiger partial charge in [0.1, 0.15) is 0 Å². The Morgan fingerprint density at radius 3 is 2.28 bits per heavy atom. The maximum Gasteiger partial charge on any atom is 0.255 e. The highest BCUT2D eigenvalue weighted by Crippen LogP contribution is 2.16. The van der Waals surface area contributed by atoms with Gasteiger partial charge in [0.05, 0.1) is 6.42 Å². The van der Waals surface area contributed by atoms with Crippen molar-refractivity contribution in [3.05, 3.63) is 64.7 Å². The van der Waals surface area contributed by atoms with Crippen LogP contribution in [0.1, 0.15) is 39.9 Å². The highest BCUT2D eigenvalue weighted by molar-refractivity contribution is 6.04. The van der Waals surface area contributed by atoms with Gasteiger partial charge in [-0.2, -0.15) is 0 Å². The number of aryl methyl sites for hydroxylation is 2. The summed E-state index contributed by atoms with van der Waals surface area (Å²) in [5.74, 6) is 0.0633. The highest BCUT2D eigenvalue weighted by Gasteiger charge is 2.17. The summed E-state index contributed by atoms with van der Waals surface area (Å²) in [5, 5.41) is 2.91. The Morgan fingerprint density at radius 1 is 0.960 bits per heavy atom. The molecule has 25 heavy (non-hydrogen) atoms. The molecule has 1 saturated heterocycles. The third-order valence-corrected chi connectivity index (χ3v) is 4.80. The molecular formula is C21H24N2O2. The molecule has 2 aromatic rings. The van der Waals surface area contributed by atoms with Crippen LogP contribution in [0.3, 0.4) is 0 Å². The second-order valence-electron chi connectivity index (χ2n) is 6.71. The van der Waals surface area contributed by atoms with Crippen molar-refractivity contribution in [2.45, 2.75) is 33.1 Å². The second-order valence-corrected chi connectivity index (χ2v) is 6.71. The lowest BCUT2D eigenvalue weighted by molar-refractivity contribution is -0.129. The number of nitrogens with one attached hydrogen (secondary N) is 1. The van der Waals surface area contributed by atoms with Crippen LogP contribution in [0.4, 0.5) is 5.69 Å². The molecule has 3 rings (SSSR count). The zero-order valence-electron chi connectivity index (χ0n) is 14.8. The van der Waals surface area contributed by atoms with Crippen LogP contribution in [-0.4, -0.2) is 29.8 Å². The zero-order chi connectivity index (χ0) is 17.8. The van der Waals surface area contributed by atoms with E-state index < -0.39 is 0 Å². The first-order valence-corrected chi connectivity index (χ1v) is 8.78. The molecule has 130 valence electrons. The van der Waals surface area contributed by atoms with Gasteiger partial charge in [-0.05, 0) is 67.6 Å². The number of rotatable bonds is 4. The third kappa shape index (κ3) is 4.27. The number of likely N-dealkylation sites (tertiary alicyclic amines) is 1. The minimum Gasteiger partial charge on any atom is -0.342 e. The van der Waals surface area contributed by atoms with Crippen LogP contribution in [0.15, 0.2) is 42.5 Å². The highest BCUT2D eigenvalue weighted by atomic mass is 16.2. The molecule has 1 fully saturated rings. The maximum atomic E-state index is 12.3. The van der Waals surface area contributed by atoms with Crippen LogP contribution >= 0.6 is 0 Å². The van der Waals surface area contributed by atoms with Gasteiger partial charge in [0.2, 0.25) is 5.91 Å². The lowest BCUT2D eigenvalue weighted by Crippen LogP contribution is -2.29. The smallest absolute Gasteiger partial charge is 0.255 e. The standard InChI is InChI=1S/C21H24N2O2/c1-15-5-8-18(13-16(15)2)21(25)22-19-9-6-17(7-10-19)14-20(24)23-11-3-4-12-23/h5-10,13H,3-4,11-12,14H2,1-2H3,(H,22,25). The van der Waals surface area contributed by atoms with E-state index in [2.05, 4.69) is 5.32 Å². The Morgan fingerprint density at radius 2 is 1.64 bits per heavy atom. The summed E-state index contributed by atoms with van der Waals surface area (Å²) in [6, 6.07) is 13.2.